The van der Waals surface area contributed by atoms with Crippen LogP contribution in [-0.2, 0) is 9.59 Å². The number of carboxylic acid groups (broad SMARTS) is 1. The Bertz CT molecular complexity index is 402. The summed E-state index contributed by atoms with van der Waals surface area (Å²) in [5.41, 5.74) is 0. The Labute approximate surface area is 153 Å². The number of hydrogen-bond donors (Lipinski definition) is 2. The summed E-state index contributed by atoms with van der Waals surface area (Å²) in [6.07, 6.45) is 22.1. The second-order valence-corrected chi connectivity index (χ2v) is 6.64. The zero-order valence-corrected chi connectivity index (χ0v) is 16.1. The summed E-state index contributed by atoms with van der Waals surface area (Å²) in [5.74, 6) is -1.16. The van der Waals surface area contributed by atoms with Crippen molar-refractivity contribution in [1.29, 1.82) is 0 Å². The number of nitrogens with one attached hydrogen (secondary N) is 1. The van der Waals surface area contributed by atoms with Gasteiger partial charge in [-0.15, -0.1) is 0 Å². The average Bonchev–Trinajstić information content (AvgIpc) is 2.58. The summed E-state index contributed by atoms with van der Waals surface area (Å²) in [7, 11) is 0. The lowest BCUT2D eigenvalue weighted by atomic mass is 10.1. The topological polar surface area (TPSA) is 66.4 Å². The SMILES string of the molecule is CCCCCC/C=C/C=C\CCCCCCCC(=O)NC(C)C(=O)O. The zero-order chi connectivity index (χ0) is 18.8. The summed E-state index contributed by atoms with van der Waals surface area (Å²) in [6.45, 7) is 3.72. The number of aliphatic carboxylic acids is 1. The highest BCUT2D eigenvalue weighted by Crippen LogP contribution is 2.08. The van der Waals surface area contributed by atoms with Gasteiger partial charge in [0.1, 0.15) is 6.04 Å². The maximum Gasteiger partial charge on any atom is 0.325 e. The average molecular weight is 352 g/mol. The summed E-state index contributed by atoms with van der Waals surface area (Å²) in [4.78, 5) is 22.1. The lowest BCUT2D eigenvalue weighted by Gasteiger charge is -2.08. The van der Waals surface area contributed by atoms with Gasteiger partial charge in [-0.1, -0.05) is 69.8 Å². The summed E-state index contributed by atoms with van der Waals surface area (Å²) < 4.78 is 0. The van der Waals surface area contributed by atoms with Crippen LogP contribution in [0.2, 0.25) is 0 Å². The number of unbranched alkanes of at least 4 members (excludes halogenated alkanes) is 9. The molecule has 0 aromatic rings. The molecular formula is C21H37NO3. The molecule has 1 atom stereocenters. The molecule has 0 spiro atoms. The van der Waals surface area contributed by atoms with Crippen molar-refractivity contribution >= 4 is 11.9 Å². The third-order valence-electron chi connectivity index (χ3n) is 4.13. The molecule has 0 rings (SSSR count). The Balaban J connectivity index is 3.38. The van der Waals surface area contributed by atoms with Crippen LogP contribution < -0.4 is 5.32 Å². The minimum absolute atomic E-state index is 0.167. The van der Waals surface area contributed by atoms with E-state index in [-0.39, 0.29) is 5.91 Å². The molecule has 0 aliphatic rings. The molecule has 0 aliphatic carbocycles. The summed E-state index contributed by atoms with van der Waals surface area (Å²) in [5, 5.41) is 11.2. The van der Waals surface area contributed by atoms with Crippen molar-refractivity contribution in [1.82, 2.24) is 5.32 Å². The van der Waals surface area contributed by atoms with E-state index in [2.05, 4.69) is 36.5 Å². The molecule has 2 N–H and O–H groups in total. The molecule has 4 nitrogen and oxygen atoms in total. The second kappa shape index (κ2) is 17.2. The summed E-state index contributed by atoms with van der Waals surface area (Å²) >= 11 is 0. The highest BCUT2D eigenvalue weighted by molar-refractivity contribution is 5.83. The second-order valence-electron chi connectivity index (χ2n) is 6.64. The third-order valence-corrected chi connectivity index (χ3v) is 4.13. The molecule has 0 radical (unpaired) electrons. The smallest absolute Gasteiger partial charge is 0.325 e. The van der Waals surface area contributed by atoms with Crippen LogP contribution in [0.3, 0.4) is 0 Å². The maximum absolute atomic E-state index is 11.5. The third kappa shape index (κ3) is 17.0. The van der Waals surface area contributed by atoms with E-state index >= 15 is 0 Å². The van der Waals surface area contributed by atoms with Gasteiger partial charge in [0.05, 0.1) is 0 Å². The number of carboxylic acids is 1. The lowest BCUT2D eigenvalue weighted by molar-refractivity contribution is -0.141. The van der Waals surface area contributed by atoms with Crippen molar-refractivity contribution in [2.24, 2.45) is 0 Å². The Morgan fingerprint density at radius 1 is 0.880 bits per heavy atom. The molecule has 0 saturated carbocycles. The van der Waals surface area contributed by atoms with Crippen molar-refractivity contribution in [3.05, 3.63) is 24.3 Å². The molecule has 4 heteroatoms. The van der Waals surface area contributed by atoms with Crippen LogP contribution in [-0.4, -0.2) is 23.0 Å². The van der Waals surface area contributed by atoms with Crippen molar-refractivity contribution in [2.45, 2.75) is 96.9 Å². The zero-order valence-electron chi connectivity index (χ0n) is 16.1. The fraction of sp³-hybridized carbons (Fsp3) is 0.714. The quantitative estimate of drug-likeness (QED) is 0.289. The van der Waals surface area contributed by atoms with Gasteiger partial charge in [-0.05, 0) is 39.0 Å². The molecule has 0 aromatic heterocycles. The van der Waals surface area contributed by atoms with E-state index < -0.39 is 12.0 Å². The van der Waals surface area contributed by atoms with Gasteiger partial charge in [0.2, 0.25) is 5.91 Å². The standard InChI is InChI=1S/C21H37NO3/c1-3-4-5-6-7-8-9-10-11-12-13-14-15-16-17-18-20(23)22-19(2)21(24)25/h8-11,19H,3-7,12-18H2,1-2H3,(H,22,23)(H,24,25)/b9-8+,11-10-. The van der Waals surface area contributed by atoms with Crippen LogP contribution in [0, 0.1) is 0 Å². The van der Waals surface area contributed by atoms with E-state index in [4.69, 9.17) is 5.11 Å². The normalized spacial score (nSPS) is 12.7. The Morgan fingerprint density at radius 3 is 1.96 bits per heavy atom. The molecule has 1 amide bonds. The van der Waals surface area contributed by atoms with E-state index in [1.165, 1.54) is 51.9 Å². The van der Waals surface area contributed by atoms with E-state index in [0.717, 1.165) is 25.7 Å². The lowest BCUT2D eigenvalue weighted by Crippen LogP contribution is -2.38. The highest BCUT2D eigenvalue weighted by atomic mass is 16.4. The predicted octanol–water partition coefficient (Wildman–Crippen LogP) is 5.39. The minimum atomic E-state index is -0.993. The van der Waals surface area contributed by atoms with Gasteiger partial charge in [-0.2, -0.15) is 0 Å². The van der Waals surface area contributed by atoms with Crippen molar-refractivity contribution in [3.63, 3.8) is 0 Å². The van der Waals surface area contributed by atoms with Gasteiger partial charge in [0.25, 0.3) is 0 Å². The van der Waals surface area contributed by atoms with Gasteiger partial charge >= 0.3 is 5.97 Å². The molecule has 0 aliphatic heterocycles. The Morgan fingerprint density at radius 2 is 1.40 bits per heavy atom. The molecule has 0 saturated heterocycles. The van der Waals surface area contributed by atoms with Gasteiger partial charge in [0.15, 0.2) is 0 Å². The number of amides is 1. The highest BCUT2D eigenvalue weighted by Gasteiger charge is 2.12. The molecular weight excluding hydrogens is 314 g/mol. The van der Waals surface area contributed by atoms with Crippen LogP contribution in [0.1, 0.15) is 90.9 Å². The number of rotatable bonds is 16. The molecule has 1 unspecified atom stereocenters. The van der Waals surface area contributed by atoms with Crippen LogP contribution in [0.15, 0.2) is 24.3 Å². The first-order valence-corrected chi connectivity index (χ1v) is 9.91. The van der Waals surface area contributed by atoms with Crippen molar-refractivity contribution in [3.8, 4) is 0 Å². The number of carbonyl (C=O) groups is 2. The molecule has 144 valence electrons. The first-order chi connectivity index (χ1) is 12.1. The minimum Gasteiger partial charge on any atom is -0.480 e. The van der Waals surface area contributed by atoms with Gasteiger partial charge in [-0.3, -0.25) is 9.59 Å². The number of hydrogen-bond acceptors (Lipinski definition) is 2. The predicted molar refractivity (Wildman–Crippen MR) is 105 cm³/mol. The van der Waals surface area contributed by atoms with Crippen molar-refractivity contribution < 1.29 is 14.7 Å². The molecule has 0 fully saturated rings. The fourth-order valence-electron chi connectivity index (χ4n) is 2.49. The van der Waals surface area contributed by atoms with Crippen LogP contribution >= 0.6 is 0 Å². The summed E-state index contributed by atoms with van der Waals surface area (Å²) in [6, 6.07) is -0.801. The first-order valence-electron chi connectivity index (χ1n) is 9.91. The molecule has 25 heavy (non-hydrogen) atoms. The van der Waals surface area contributed by atoms with Crippen LogP contribution in [0.5, 0.6) is 0 Å². The first kappa shape index (κ1) is 23.4. The van der Waals surface area contributed by atoms with E-state index in [9.17, 15) is 9.59 Å². The van der Waals surface area contributed by atoms with Gasteiger partial charge in [-0.25, -0.2) is 0 Å². The molecule has 0 heterocycles. The molecule has 0 aromatic carbocycles. The van der Waals surface area contributed by atoms with E-state index in [0.29, 0.717) is 6.42 Å². The van der Waals surface area contributed by atoms with Gasteiger partial charge < -0.3 is 10.4 Å². The maximum atomic E-state index is 11.5. The molecule has 0 bridgehead atoms. The Hall–Kier alpha value is -1.58. The van der Waals surface area contributed by atoms with E-state index in [1.807, 2.05) is 0 Å². The number of carbonyl (C=O) groups excluding carboxylic acids is 1. The Kier molecular flexibility index (Phi) is 16.2. The fourth-order valence-corrected chi connectivity index (χ4v) is 2.49. The van der Waals surface area contributed by atoms with Crippen LogP contribution in [0.4, 0.5) is 0 Å². The monoisotopic (exact) mass is 351 g/mol. The van der Waals surface area contributed by atoms with Gasteiger partial charge in [0, 0.05) is 6.42 Å². The van der Waals surface area contributed by atoms with Crippen molar-refractivity contribution in [2.75, 3.05) is 0 Å². The largest absolute Gasteiger partial charge is 0.480 e. The van der Waals surface area contributed by atoms with Crippen LogP contribution in [0.25, 0.3) is 0 Å². The van der Waals surface area contributed by atoms with E-state index in [1.54, 1.807) is 0 Å². The number of allylic oxidation sites excluding steroid dienone is 4.